The van der Waals surface area contributed by atoms with E-state index in [-0.39, 0.29) is 24.3 Å². The van der Waals surface area contributed by atoms with Crippen molar-refractivity contribution in [1.29, 1.82) is 0 Å². The number of hydrogen-bond acceptors (Lipinski definition) is 4. The Morgan fingerprint density at radius 3 is 2.60 bits per heavy atom. The predicted molar refractivity (Wildman–Crippen MR) is 55.9 cm³/mol. The van der Waals surface area contributed by atoms with Gasteiger partial charge in [-0.25, -0.2) is 8.42 Å². The Morgan fingerprint density at radius 2 is 2.13 bits per heavy atom. The first kappa shape index (κ1) is 12.7. The van der Waals surface area contributed by atoms with Crippen LogP contribution >= 0.6 is 11.6 Å². The van der Waals surface area contributed by atoms with Gasteiger partial charge in [0.25, 0.3) is 0 Å². The van der Waals surface area contributed by atoms with Crippen LogP contribution in [-0.2, 0) is 19.6 Å². The quantitative estimate of drug-likeness (QED) is 0.536. The van der Waals surface area contributed by atoms with Crippen LogP contribution in [0.1, 0.15) is 6.92 Å². The Kier molecular flexibility index (Phi) is 3.97. The Morgan fingerprint density at radius 1 is 1.53 bits per heavy atom. The summed E-state index contributed by atoms with van der Waals surface area (Å²) in [5, 5.41) is -0.451. The van der Waals surface area contributed by atoms with Crippen LogP contribution in [-0.4, -0.2) is 44.1 Å². The van der Waals surface area contributed by atoms with E-state index in [2.05, 4.69) is 4.74 Å². The average Bonchev–Trinajstić information content (AvgIpc) is 2.60. The van der Waals surface area contributed by atoms with Gasteiger partial charge in [0.2, 0.25) is 10.0 Å². The van der Waals surface area contributed by atoms with Crippen molar-refractivity contribution in [2.45, 2.75) is 6.92 Å². The molecule has 2 unspecified atom stereocenters. The minimum Gasteiger partial charge on any atom is -0.469 e. The zero-order valence-electron chi connectivity index (χ0n) is 8.64. The van der Waals surface area contributed by atoms with Gasteiger partial charge >= 0.3 is 5.97 Å². The van der Waals surface area contributed by atoms with Crippen LogP contribution in [0.4, 0.5) is 0 Å². The molecule has 7 heteroatoms. The van der Waals surface area contributed by atoms with E-state index < -0.39 is 15.2 Å². The van der Waals surface area contributed by atoms with Gasteiger partial charge in [0.1, 0.15) is 5.21 Å². The molecule has 0 aromatic carbocycles. The summed E-state index contributed by atoms with van der Waals surface area (Å²) < 4.78 is 28.7. The first-order chi connectivity index (χ1) is 6.92. The van der Waals surface area contributed by atoms with Crippen LogP contribution in [0.2, 0.25) is 0 Å². The summed E-state index contributed by atoms with van der Waals surface area (Å²) in [6.45, 7) is 2.32. The molecule has 0 amide bonds. The molecule has 1 aliphatic heterocycles. The molecule has 0 spiro atoms. The predicted octanol–water partition coefficient (Wildman–Crippen LogP) is 0.253. The number of hydrogen-bond donors (Lipinski definition) is 0. The summed E-state index contributed by atoms with van der Waals surface area (Å²) in [6, 6.07) is 0. The van der Waals surface area contributed by atoms with Gasteiger partial charge in [0.15, 0.2) is 0 Å². The van der Waals surface area contributed by atoms with E-state index in [0.717, 1.165) is 0 Å². The second-order valence-electron chi connectivity index (χ2n) is 3.64. The highest BCUT2D eigenvalue weighted by Gasteiger charge is 2.40. The number of sulfonamides is 1. The van der Waals surface area contributed by atoms with Crippen LogP contribution in [0.15, 0.2) is 0 Å². The first-order valence-electron chi connectivity index (χ1n) is 4.54. The number of methoxy groups -OCH3 is 1. The third-order valence-electron chi connectivity index (χ3n) is 2.61. The number of halogens is 1. The summed E-state index contributed by atoms with van der Waals surface area (Å²) in [6.07, 6.45) is 0. The van der Waals surface area contributed by atoms with E-state index >= 15 is 0 Å². The molecule has 0 aromatic heterocycles. The lowest BCUT2D eigenvalue weighted by atomic mass is 9.99. The Hall–Kier alpha value is -0.330. The molecule has 0 aliphatic carbocycles. The average molecular weight is 256 g/mol. The summed E-state index contributed by atoms with van der Waals surface area (Å²) >= 11 is 5.34. The maximum absolute atomic E-state index is 11.4. The number of carbonyl (C=O) groups is 1. The van der Waals surface area contributed by atoms with Gasteiger partial charge in [-0.05, 0) is 5.92 Å². The number of nitrogens with zero attached hydrogens (tertiary/aromatic N) is 1. The highest BCUT2D eigenvalue weighted by molar-refractivity contribution is 7.90. The van der Waals surface area contributed by atoms with Crippen molar-refractivity contribution in [2.24, 2.45) is 11.8 Å². The second-order valence-corrected chi connectivity index (χ2v) is 6.20. The fraction of sp³-hybridized carbons (Fsp3) is 0.875. The topological polar surface area (TPSA) is 63.7 Å². The van der Waals surface area contributed by atoms with Crippen molar-refractivity contribution in [3.8, 4) is 0 Å². The third-order valence-corrected chi connectivity index (χ3v) is 4.80. The smallest absolute Gasteiger partial charge is 0.310 e. The molecule has 15 heavy (non-hydrogen) atoms. The van der Waals surface area contributed by atoms with Gasteiger partial charge < -0.3 is 4.74 Å². The normalized spacial score (nSPS) is 27.9. The second kappa shape index (κ2) is 4.67. The molecule has 88 valence electrons. The largest absolute Gasteiger partial charge is 0.469 e. The molecular formula is C8H14ClNO4S. The van der Waals surface area contributed by atoms with Crippen molar-refractivity contribution in [2.75, 3.05) is 25.4 Å². The minimum atomic E-state index is -3.41. The van der Waals surface area contributed by atoms with Crippen LogP contribution < -0.4 is 0 Å². The maximum atomic E-state index is 11.4. The van der Waals surface area contributed by atoms with Gasteiger partial charge in [0.05, 0.1) is 13.0 Å². The lowest BCUT2D eigenvalue weighted by molar-refractivity contribution is -0.145. The van der Waals surface area contributed by atoms with E-state index in [1.54, 1.807) is 0 Å². The molecule has 1 aliphatic rings. The number of ether oxygens (including phenoxy) is 1. The molecule has 2 atom stereocenters. The standard InChI is InChI=1S/C8H14ClNO4S/c1-6-3-10(15(12,13)5-9)4-7(6)8(11)14-2/h6-7H,3-5H2,1-2H3. The van der Waals surface area contributed by atoms with Crippen molar-refractivity contribution in [3.05, 3.63) is 0 Å². The molecule has 1 heterocycles. The van der Waals surface area contributed by atoms with E-state index in [9.17, 15) is 13.2 Å². The number of carbonyl (C=O) groups excluding carboxylic acids is 1. The first-order valence-corrected chi connectivity index (χ1v) is 6.68. The summed E-state index contributed by atoms with van der Waals surface area (Å²) in [7, 11) is -2.12. The lowest BCUT2D eigenvalue weighted by Crippen LogP contribution is -2.30. The Bertz CT molecular complexity index is 343. The molecule has 1 fully saturated rings. The molecule has 0 radical (unpaired) electrons. The van der Waals surface area contributed by atoms with Crippen molar-refractivity contribution < 1.29 is 17.9 Å². The number of rotatable bonds is 3. The van der Waals surface area contributed by atoms with Crippen LogP contribution in [0.5, 0.6) is 0 Å². The van der Waals surface area contributed by atoms with Crippen molar-refractivity contribution in [3.63, 3.8) is 0 Å². The summed E-state index contributed by atoms with van der Waals surface area (Å²) in [5.74, 6) is -0.779. The van der Waals surface area contributed by atoms with Crippen molar-refractivity contribution >= 4 is 27.6 Å². The van der Waals surface area contributed by atoms with Crippen LogP contribution in [0.25, 0.3) is 0 Å². The molecular weight excluding hydrogens is 242 g/mol. The fourth-order valence-corrected chi connectivity index (χ4v) is 3.08. The van der Waals surface area contributed by atoms with Gasteiger partial charge in [-0.15, -0.1) is 11.6 Å². The molecule has 0 aromatic rings. The zero-order valence-corrected chi connectivity index (χ0v) is 10.2. The lowest BCUT2D eigenvalue weighted by Gasteiger charge is -2.13. The molecule has 0 bridgehead atoms. The Balaban J connectivity index is 2.76. The maximum Gasteiger partial charge on any atom is 0.310 e. The SMILES string of the molecule is COC(=O)C1CN(S(=O)(=O)CCl)CC1C. The minimum absolute atomic E-state index is 0.0320. The van der Waals surface area contributed by atoms with Crippen LogP contribution in [0.3, 0.4) is 0 Å². The Labute approximate surface area is 94.4 Å². The highest BCUT2D eigenvalue weighted by atomic mass is 35.5. The monoisotopic (exact) mass is 255 g/mol. The van der Waals surface area contributed by atoms with E-state index in [1.807, 2.05) is 6.92 Å². The van der Waals surface area contributed by atoms with Gasteiger partial charge in [-0.2, -0.15) is 4.31 Å². The van der Waals surface area contributed by atoms with E-state index in [4.69, 9.17) is 11.6 Å². The molecule has 1 saturated heterocycles. The third kappa shape index (κ3) is 2.62. The van der Waals surface area contributed by atoms with Gasteiger partial charge in [-0.3, -0.25) is 4.79 Å². The molecule has 0 N–H and O–H groups in total. The molecule has 5 nitrogen and oxygen atoms in total. The molecule has 0 saturated carbocycles. The number of alkyl halides is 1. The van der Waals surface area contributed by atoms with E-state index in [0.29, 0.717) is 6.54 Å². The highest BCUT2D eigenvalue weighted by Crippen LogP contribution is 2.26. The zero-order chi connectivity index (χ0) is 11.6. The fourth-order valence-electron chi connectivity index (χ4n) is 1.68. The van der Waals surface area contributed by atoms with Gasteiger partial charge in [-0.1, -0.05) is 6.92 Å². The summed E-state index contributed by atoms with van der Waals surface area (Å²) in [5.41, 5.74) is 0. The van der Waals surface area contributed by atoms with Crippen molar-refractivity contribution in [1.82, 2.24) is 4.31 Å². The molecule has 1 rings (SSSR count). The number of esters is 1. The van der Waals surface area contributed by atoms with E-state index in [1.165, 1.54) is 11.4 Å². The van der Waals surface area contributed by atoms with Gasteiger partial charge in [0, 0.05) is 13.1 Å². The van der Waals surface area contributed by atoms with Crippen LogP contribution in [0, 0.1) is 11.8 Å². The summed E-state index contributed by atoms with van der Waals surface area (Å²) in [4.78, 5) is 11.3.